The molecule has 2 N–H and O–H groups in total. The number of nitrogens with one attached hydrogen (secondary N) is 1. The van der Waals surface area contributed by atoms with Crippen LogP contribution in [0.2, 0.25) is 0 Å². The van der Waals surface area contributed by atoms with Crippen LogP contribution in [0.1, 0.15) is 22.3 Å². The van der Waals surface area contributed by atoms with Crippen molar-refractivity contribution in [3.05, 3.63) is 48.0 Å². The molecule has 10 heteroatoms. The topological polar surface area (TPSA) is 121 Å². The Balaban J connectivity index is 1.35. The number of hydrogen-bond donors (Lipinski definition) is 2. The Kier molecular flexibility index (Phi) is 4.55. The second-order valence-corrected chi connectivity index (χ2v) is 6.48. The molecule has 0 radical (unpaired) electrons. The summed E-state index contributed by atoms with van der Waals surface area (Å²) in [4.78, 5) is 39.9. The normalized spacial score (nSPS) is 20.6. The van der Waals surface area contributed by atoms with Crippen molar-refractivity contribution in [2.45, 2.75) is 25.1 Å². The molecule has 4 rings (SSSR count). The van der Waals surface area contributed by atoms with E-state index in [2.05, 4.69) is 15.0 Å². The molecule has 2 unspecified atom stereocenters. The van der Waals surface area contributed by atoms with Gasteiger partial charge in [0.15, 0.2) is 0 Å². The van der Waals surface area contributed by atoms with Crippen molar-refractivity contribution < 1.29 is 19.5 Å². The second kappa shape index (κ2) is 7.16. The minimum atomic E-state index is -0.660. The molecule has 2 saturated heterocycles. The molecule has 2 aliphatic heterocycles. The summed E-state index contributed by atoms with van der Waals surface area (Å²) in [6.45, 7) is 1.35. The molecule has 10 nitrogen and oxygen atoms in total. The van der Waals surface area contributed by atoms with Crippen LogP contribution >= 0.6 is 0 Å². The van der Waals surface area contributed by atoms with E-state index in [-0.39, 0.29) is 30.3 Å². The maximum atomic E-state index is 12.4. The van der Waals surface area contributed by atoms with E-state index in [1.165, 1.54) is 12.4 Å². The first kappa shape index (κ1) is 17.2. The zero-order valence-electron chi connectivity index (χ0n) is 14.4. The average Bonchev–Trinajstić information content (AvgIpc) is 3.33. The van der Waals surface area contributed by atoms with Crippen LogP contribution in [0.3, 0.4) is 0 Å². The van der Waals surface area contributed by atoms with Gasteiger partial charge < -0.3 is 14.5 Å². The number of carbonyl (C=O) groups excluding carboxylic acids is 2. The SMILES string of the molecule is O=C(NO)c1cnc(N2CC3CC2CN3C(=O)OCc2cccnc2)nc1. The summed E-state index contributed by atoms with van der Waals surface area (Å²) < 4.78 is 5.39. The number of anilines is 1. The van der Waals surface area contributed by atoms with Crippen LogP contribution in [0, 0.1) is 0 Å². The van der Waals surface area contributed by atoms with Gasteiger partial charge in [0, 0.05) is 43.4 Å². The van der Waals surface area contributed by atoms with E-state index < -0.39 is 5.91 Å². The van der Waals surface area contributed by atoms with Crippen molar-refractivity contribution in [2.24, 2.45) is 0 Å². The maximum absolute atomic E-state index is 12.4. The minimum absolute atomic E-state index is 0.0421. The Hall–Kier alpha value is -3.27. The highest BCUT2D eigenvalue weighted by molar-refractivity contribution is 5.92. The van der Waals surface area contributed by atoms with Gasteiger partial charge in [0.2, 0.25) is 5.95 Å². The average molecular weight is 370 g/mol. The van der Waals surface area contributed by atoms with Crippen LogP contribution < -0.4 is 10.4 Å². The van der Waals surface area contributed by atoms with Crippen LogP contribution in [0.4, 0.5) is 10.7 Å². The second-order valence-electron chi connectivity index (χ2n) is 6.48. The van der Waals surface area contributed by atoms with Gasteiger partial charge in [-0.2, -0.15) is 0 Å². The van der Waals surface area contributed by atoms with E-state index in [1.807, 2.05) is 11.0 Å². The lowest BCUT2D eigenvalue weighted by atomic mass is 10.2. The first-order chi connectivity index (χ1) is 13.2. The number of fused-ring (bicyclic) bond motifs is 2. The lowest BCUT2D eigenvalue weighted by Gasteiger charge is -2.33. The van der Waals surface area contributed by atoms with Gasteiger partial charge in [-0.1, -0.05) is 6.07 Å². The van der Waals surface area contributed by atoms with Crippen LogP contribution in [0.5, 0.6) is 0 Å². The Bertz CT molecular complexity index is 831. The Morgan fingerprint density at radius 1 is 1.22 bits per heavy atom. The van der Waals surface area contributed by atoms with Crippen molar-refractivity contribution in [3.8, 4) is 0 Å². The Morgan fingerprint density at radius 2 is 2.04 bits per heavy atom. The molecular formula is C17H18N6O4. The minimum Gasteiger partial charge on any atom is -0.444 e. The third-order valence-corrected chi connectivity index (χ3v) is 4.82. The number of carbonyl (C=O) groups is 2. The van der Waals surface area contributed by atoms with Crippen molar-refractivity contribution in [2.75, 3.05) is 18.0 Å². The molecule has 2 atom stereocenters. The first-order valence-electron chi connectivity index (χ1n) is 8.51. The van der Waals surface area contributed by atoms with E-state index >= 15 is 0 Å². The molecule has 2 aromatic heterocycles. The van der Waals surface area contributed by atoms with E-state index in [9.17, 15) is 9.59 Å². The van der Waals surface area contributed by atoms with Crippen molar-refractivity contribution in [3.63, 3.8) is 0 Å². The number of likely N-dealkylation sites (tertiary alicyclic amines) is 1. The number of nitrogens with zero attached hydrogens (tertiary/aromatic N) is 5. The number of rotatable bonds is 4. The van der Waals surface area contributed by atoms with Crippen molar-refractivity contribution in [1.82, 2.24) is 25.3 Å². The molecule has 2 amide bonds. The third kappa shape index (κ3) is 3.38. The van der Waals surface area contributed by atoms with Crippen LogP contribution in [0.25, 0.3) is 0 Å². The molecule has 2 aliphatic rings. The monoisotopic (exact) mass is 370 g/mol. The number of aromatic nitrogens is 3. The smallest absolute Gasteiger partial charge is 0.410 e. The molecule has 0 aliphatic carbocycles. The largest absolute Gasteiger partial charge is 0.444 e. The predicted octanol–water partition coefficient (Wildman–Crippen LogP) is 0.590. The van der Waals surface area contributed by atoms with Gasteiger partial charge in [0.05, 0.1) is 17.6 Å². The summed E-state index contributed by atoms with van der Waals surface area (Å²) in [5.74, 6) is -0.160. The summed E-state index contributed by atoms with van der Waals surface area (Å²) in [7, 11) is 0. The molecule has 140 valence electrons. The lowest BCUT2D eigenvalue weighted by molar-refractivity contribution is 0.0705. The molecule has 2 aromatic rings. The van der Waals surface area contributed by atoms with Crippen LogP contribution in [-0.2, 0) is 11.3 Å². The highest BCUT2D eigenvalue weighted by atomic mass is 16.6. The van der Waals surface area contributed by atoms with E-state index in [1.54, 1.807) is 28.8 Å². The van der Waals surface area contributed by atoms with E-state index in [0.29, 0.717) is 19.0 Å². The van der Waals surface area contributed by atoms with Gasteiger partial charge in [-0.3, -0.25) is 15.0 Å². The highest BCUT2D eigenvalue weighted by Crippen LogP contribution is 2.33. The van der Waals surface area contributed by atoms with Gasteiger partial charge in [-0.15, -0.1) is 0 Å². The van der Waals surface area contributed by atoms with Gasteiger partial charge in [-0.25, -0.2) is 20.2 Å². The summed E-state index contributed by atoms with van der Waals surface area (Å²) in [5, 5.41) is 8.63. The first-order valence-corrected chi connectivity index (χ1v) is 8.51. The zero-order valence-corrected chi connectivity index (χ0v) is 14.4. The lowest BCUT2D eigenvalue weighted by Crippen LogP contribution is -2.49. The standard InChI is InChI=1S/C17H18N6O4/c24-15(21-26)12-6-19-16(20-7-12)22-8-14-4-13(22)9-23(14)17(25)27-10-11-2-1-3-18-5-11/h1-3,5-7,13-14,26H,4,8-10H2,(H,21,24). The number of amides is 2. The predicted molar refractivity (Wildman–Crippen MR) is 92.0 cm³/mol. The molecule has 4 heterocycles. The van der Waals surface area contributed by atoms with Crippen molar-refractivity contribution >= 4 is 17.9 Å². The van der Waals surface area contributed by atoms with Gasteiger partial charge in [-0.05, 0) is 12.5 Å². The fourth-order valence-electron chi connectivity index (χ4n) is 3.50. The zero-order chi connectivity index (χ0) is 18.8. The van der Waals surface area contributed by atoms with Crippen molar-refractivity contribution in [1.29, 1.82) is 0 Å². The summed E-state index contributed by atoms with van der Waals surface area (Å²) >= 11 is 0. The summed E-state index contributed by atoms with van der Waals surface area (Å²) in [5.41, 5.74) is 2.56. The molecule has 0 saturated carbocycles. The highest BCUT2D eigenvalue weighted by Gasteiger charge is 2.46. The number of hydrogen-bond acceptors (Lipinski definition) is 8. The summed E-state index contributed by atoms with van der Waals surface area (Å²) in [6.07, 6.45) is 6.55. The molecule has 27 heavy (non-hydrogen) atoms. The maximum Gasteiger partial charge on any atom is 0.410 e. The van der Waals surface area contributed by atoms with Crippen LogP contribution in [-0.4, -0.2) is 62.2 Å². The molecule has 2 fully saturated rings. The number of hydroxylamine groups is 1. The molecular weight excluding hydrogens is 352 g/mol. The molecule has 2 bridgehead atoms. The quantitative estimate of drug-likeness (QED) is 0.593. The molecule has 0 aromatic carbocycles. The van der Waals surface area contributed by atoms with Crippen LogP contribution in [0.15, 0.2) is 36.9 Å². The number of piperazine rings is 1. The van der Waals surface area contributed by atoms with E-state index in [4.69, 9.17) is 9.94 Å². The van der Waals surface area contributed by atoms with Gasteiger partial charge >= 0.3 is 6.09 Å². The van der Waals surface area contributed by atoms with E-state index in [0.717, 1.165) is 12.0 Å². The Labute approximate surface area is 154 Å². The number of pyridine rings is 1. The Morgan fingerprint density at radius 3 is 2.67 bits per heavy atom. The van der Waals surface area contributed by atoms with Gasteiger partial charge in [0.1, 0.15) is 6.61 Å². The summed E-state index contributed by atoms with van der Waals surface area (Å²) in [6, 6.07) is 3.81. The third-order valence-electron chi connectivity index (χ3n) is 4.82. The fraction of sp³-hybridized carbons (Fsp3) is 0.353. The fourth-order valence-corrected chi connectivity index (χ4v) is 3.50. The van der Waals surface area contributed by atoms with Gasteiger partial charge in [0.25, 0.3) is 5.91 Å². The number of ether oxygens (including phenoxy) is 1. The molecule has 0 spiro atoms.